The molecule has 0 radical (unpaired) electrons. The SMILES string of the molecule is ClCCN(CCCl)c1ccc(C=Nc2ccc(/C=C/c3ccnc4ccccc34)cc2)cc1. The Balaban J connectivity index is 1.41. The van der Waals surface area contributed by atoms with Crippen LogP contribution in [0.2, 0.25) is 0 Å². The van der Waals surface area contributed by atoms with E-state index in [0.29, 0.717) is 11.8 Å². The van der Waals surface area contributed by atoms with E-state index in [1.807, 2.05) is 48.8 Å². The van der Waals surface area contributed by atoms with Gasteiger partial charge in [-0.2, -0.15) is 0 Å². The smallest absolute Gasteiger partial charge is 0.0707 e. The van der Waals surface area contributed by atoms with Crippen LogP contribution in [0, 0.1) is 0 Å². The van der Waals surface area contributed by atoms with Gasteiger partial charge in [-0.3, -0.25) is 9.98 Å². The zero-order chi connectivity index (χ0) is 22.9. The van der Waals surface area contributed by atoms with Gasteiger partial charge >= 0.3 is 0 Å². The maximum Gasteiger partial charge on any atom is 0.0707 e. The number of aliphatic imine (C=N–C) groups is 1. The highest BCUT2D eigenvalue weighted by Gasteiger charge is 2.04. The maximum absolute atomic E-state index is 5.90. The van der Waals surface area contributed by atoms with Crippen LogP contribution in [0.5, 0.6) is 0 Å². The minimum Gasteiger partial charge on any atom is -0.369 e. The lowest BCUT2D eigenvalue weighted by molar-refractivity contribution is 0.874. The number of rotatable bonds is 9. The first-order valence-corrected chi connectivity index (χ1v) is 12.0. The highest BCUT2D eigenvalue weighted by Crippen LogP contribution is 2.20. The molecule has 5 heteroatoms. The van der Waals surface area contributed by atoms with E-state index in [1.54, 1.807) is 0 Å². The average molecular weight is 474 g/mol. The van der Waals surface area contributed by atoms with Crippen molar-refractivity contribution < 1.29 is 0 Å². The highest BCUT2D eigenvalue weighted by atomic mass is 35.5. The molecule has 0 aliphatic rings. The van der Waals surface area contributed by atoms with Crippen LogP contribution in [0.1, 0.15) is 16.7 Å². The molecule has 0 unspecified atom stereocenters. The first-order valence-electron chi connectivity index (χ1n) is 10.9. The quantitative estimate of drug-likeness (QED) is 0.186. The Hall–Kier alpha value is -3.14. The highest BCUT2D eigenvalue weighted by molar-refractivity contribution is 6.18. The lowest BCUT2D eigenvalue weighted by Gasteiger charge is -2.22. The molecule has 4 aromatic rings. The van der Waals surface area contributed by atoms with Gasteiger partial charge in [0.1, 0.15) is 0 Å². The van der Waals surface area contributed by atoms with Gasteiger partial charge in [-0.05, 0) is 53.1 Å². The number of halogens is 2. The Kier molecular flexibility index (Phi) is 8.13. The lowest BCUT2D eigenvalue weighted by Crippen LogP contribution is -2.27. The number of hydrogen-bond donors (Lipinski definition) is 0. The second-order valence-corrected chi connectivity index (χ2v) is 8.31. The van der Waals surface area contributed by atoms with E-state index in [2.05, 4.69) is 69.5 Å². The Labute approximate surface area is 205 Å². The normalized spacial score (nSPS) is 11.6. The minimum absolute atomic E-state index is 0.574. The monoisotopic (exact) mass is 473 g/mol. The Bertz CT molecular complexity index is 1220. The lowest BCUT2D eigenvalue weighted by atomic mass is 10.1. The molecule has 1 heterocycles. The number of benzene rings is 3. The molecule has 0 fully saturated rings. The summed E-state index contributed by atoms with van der Waals surface area (Å²) in [4.78, 5) is 11.2. The topological polar surface area (TPSA) is 28.5 Å². The Morgan fingerprint density at radius 1 is 0.758 bits per heavy atom. The van der Waals surface area contributed by atoms with Crippen LogP contribution in [-0.2, 0) is 0 Å². The van der Waals surface area contributed by atoms with Crippen molar-refractivity contribution in [2.75, 3.05) is 29.7 Å². The van der Waals surface area contributed by atoms with E-state index < -0.39 is 0 Å². The van der Waals surface area contributed by atoms with Gasteiger partial charge in [-0.1, -0.05) is 54.6 Å². The third kappa shape index (κ3) is 6.22. The summed E-state index contributed by atoms with van der Waals surface area (Å²) in [5.74, 6) is 1.15. The first kappa shape index (κ1) is 23.0. The zero-order valence-corrected chi connectivity index (χ0v) is 19.8. The summed E-state index contributed by atoms with van der Waals surface area (Å²) in [6.45, 7) is 1.56. The van der Waals surface area contributed by atoms with E-state index in [1.165, 1.54) is 0 Å². The molecule has 3 nitrogen and oxygen atoms in total. The van der Waals surface area contributed by atoms with Gasteiger partial charge in [0.25, 0.3) is 0 Å². The summed E-state index contributed by atoms with van der Waals surface area (Å²) in [5, 5.41) is 1.15. The molecule has 166 valence electrons. The molecule has 33 heavy (non-hydrogen) atoms. The molecular formula is C28H25Cl2N3. The van der Waals surface area contributed by atoms with Crippen molar-refractivity contribution in [3.8, 4) is 0 Å². The van der Waals surface area contributed by atoms with Crippen molar-refractivity contribution in [3.63, 3.8) is 0 Å². The number of nitrogens with zero attached hydrogens (tertiary/aromatic N) is 3. The van der Waals surface area contributed by atoms with Crippen molar-refractivity contribution in [3.05, 3.63) is 102 Å². The van der Waals surface area contributed by atoms with Crippen molar-refractivity contribution in [1.29, 1.82) is 0 Å². The number of para-hydroxylation sites is 1. The molecule has 0 bridgehead atoms. The van der Waals surface area contributed by atoms with Gasteiger partial charge in [0.05, 0.1) is 11.2 Å². The summed E-state index contributed by atoms with van der Waals surface area (Å²) >= 11 is 11.8. The average Bonchev–Trinajstić information content (AvgIpc) is 2.87. The van der Waals surface area contributed by atoms with Gasteiger partial charge in [-0.15, -0.1) is 23.2 Å². The van der Waals surface area contributed by atoms with Gasteiger partial charge in [0, 0.05) is 48.3 Å². The van der Waals surface area contributed by atoms with E-state index in [-0.39, 0.29) is 0 Å². The third-order valence-corrected chi connectivity index (χ3v) is 5.70. The van der Waals surface area contributed by atoms with Crippen LogP contribution < -0.4 is 4.90 Å². The fraction of sp³-hybridized carbons (Fsp3) is 0.143. The predicted octanol–water partition coefficient (Wildman–Crippen LogP) is 7.44. The molecule has 0 N–H and O–H groups in total. The molecule has 0 aliphatic heterocycles. The number of aromatic nitrogens is 1. The van der Waals surface area contributed by atoms with E-state index >= 15 is 0 Å². The maximum atomic E-state index is 5.90. The number of fused-ring (bicyclic) bond motifs is 1. The largest absolute Gasteiger partial charge is 0.369 e. The number of pyridine rings is 1. The minimum atomic E-state index is 0.574. The first-order chi connectivity index (χ1) is 16.3. The van der Waals surface area contributed by atoms with Gasteiger partial charge in [0.15, 0.2) is 0 Å². The van der Waals surface area contributed by atoms with Crippen LogP contribution in [0.4, 0.5) is 11.4 Å². The van der Waals surface area contributed by atoms with Gasteiger partial charge in [-0.25, -0.2) is 0 Å². The van der Waals surface area contributed by atoms with Crippen LogP contribution in [0.15, 0.2) is 90.1 Å². The van der Waals surface area contributed by atoms with Crippen molar-refractivity contribution in [2.45, 2.75) is 0 Å². The second-order valence-electron chi connectivity index (χ2n) is 7.56. The number of alkyl halides is 2. The molecule has 0 atom stereocenters. The van der Waals surface area contributed by atoms with Crippen molar-refractivity contribution in [2.24, 2.45) is 4.99 Å². The molecule has 0 aliphatic carbocycles. The van der Waals surface area contributed by atoms with Crippen LogP contribution in [0.3, 0.4) is 0 Å². The predicted molar refractivity (Wildman–Crippen MR) is 144 cm³/mol. The number of anilines is 1. The summed E-state index contributed by atoms with van der Waals surface area (Å²) in [6.07, 6.45) is 7.97. The fourth-order valence-electron chi connectivity index (χ4n) is 3.62. The third-order valence-electron chi connectivity index (χ3n) is 5.36. The summed E-state index contributed by atoms with van der Waals surface area (Å²) in [5.41, 5.74) is 6.36. The van der Waals surface area contributed by atoms with Crippen molar-refractivity contribution in [1.82, 2.24) is 4.98 Å². The standard InChI is InChI=1S/C28H25Cl2N3/c29-16-19-33(20-17-30)26-13-8-23(9-14-26)21-32-25-11-6-22(7-12-25)5-10-24-15-18-31-28-4-2-1-3-27(24)28/h1-15,18,21H,16-17,19-20H2/b10-5+,32-21?. The molecule has 0 saturated heterocycles. The summed E-state index contributed by atoms with van der Waals surface area (Å²) < 4.78 is 0. The summed E-state index contributed by atoms with van der Waals surface area (Å²) in [6, 6.07) is 26.7. The molecule has 0 saturated carbocycles. The van der Waals surface area contributed by atoms with E-state index in [9.17, 15) is 0 Å². The van der Waals surface area contributed by atoms with Gasteiger partial charge in [0.2, 0.25) is 0 Å². The molecule has 4 rings (SSSR count). The van der Waals surface area contributed by atoms with E-state index in [4.69, 9.17) is 23.2 Å². The zero-order valence-electron chi connectivity index (χ0n) is 18.2. The van der Waals surface area contributed by atoms with Crippen LogP contribution >= 0.6 is 23.2 Å². The van der Waals surface area contributed by atoms with Crippen LogP contribution in [0.25, 0.3) is 23.1 Å². The molecule has 0 amide bonds. The Morgan fingerprint density at radius 3 is 2.18 bits per heavy atom. The fourth-order valence-corrected chi connectivity index (χ4v) is 4.02. The summed E-state index contributed by atoms with van der Waals surface area (Å²) in [7, 11) is 0. The Morgan fingerprint density at radius 2 is 1.45 bits per heavy atom. The molecular weight excluding hydrogens is 449 g/mol. The van der Waals surface area contributed by atoms with Gasteiger partial charge < -0.3 is 4.90 Å². The molecule has 0 spiro atoms. The number of hydrogen-bond acceptors (Lipinski definition) is 3. The molecule has 3 aromatic carbocycles. The second kappa shape index (κ2) is 11.6. The molecule has 1 aromatic heterocycles. The van der Waals surface area contributed by atoms with E-state index in [0.717, 1.165) is 52.1 Å². The van der Waals surface area contributed by atoms with Crippen molar-refractivity contribution >= 4 is 63.8 Å². The van der Waals surface area contributed by atoms with Crippen LogP contribution in [-0.4, -0.2) is 36.0 Å².